The second kappa shape index (κ2) is 6.79. The van der Waals surface area contributed by atoms with E-state index in [9.17, 15) is 23.9 Å². The van der Waals surface area contributed by atoms with Crippen LogP contribution in [0.1, 0.15) is 12.8 Å². The molecule has 3 unspecified atom stereocenters. The number of benzene rings is 1. The molecule has 8 heteroatoms. The standard InChI is InChI=1S/C17H19FN2O5/c1-25-11-7-14(17(23)24)20(9-11)16(22)10-6-15(21)19(8-10)13-5-3-2-4-12(13)18/h2-5,10-11,14H,6-9H2,1H3,(H,23,24). The Balaban J connectivity index is 1.76. The van der Waals surface area contributed by atoms with Crippen molar-refractivity contribution < 1.29 is 28.6 Å². The van der Waals surface area contributed by atoms with E-state index in [1.165, 1.54) is 35.1 Å². The number of aliphatic carboxylic acids is 1. The summed E-state index contributed by atoms with van der Waals surface area (Å²) in [4.78, 5) is 38.9. The Morgan fingerprint density at radius 1 is 1.28 bits per heavy atom. The van der Waals surface area contributed by atoms with Gasteiger partial charge in [-0.1, -0.05) is 12.1 Å². The van der Waals surface area contributed by atoms with Crippen molar-refractivity contribution >= 4 is 23.5 Å². The molecular weight excluding hydrogens is 331 g/mol. The molecule has 0 spiro atoms. The van der Waals surface area contributed by atoms with Crippen LogP contribution in [0.5, 0.6) is 0 Å². The van der Waals surface area contributed by atoms with Crippen LogP contribution in [0.4, 0.5) is 10.1 Å². The molecule has 0 radical (unpaired) electrons. The Kier molecular flexibility index (Phi) is 4.71. The number of amides is 2. The quantitative estimate of drug-likeness (QED) is 0.871. The van der Waals surface area contributed by atoms with Crippen molar-refractivity contribution in [1.29, 1.82) is 0 Å². The molecule has 25 heavy (non-hydrogen) atoms. The summed E-state index contributed by atoms with van der Waals surface area (Å²) in [6.07, 6.45) is -0.187. The van der Waals surface area contributed by atoms with Crippen LogP contribution in [-0.2, 0) is 19.1 Å². The van der Waals surface area contributed by atoms with Crippen molar-refractivity contribution in [1.82, 2.24) is 4.90 Å². The van der Waals surface area contributed by atoms with Gasteiger partial charge in [0.1, 0.15) is 11.9 Å². The van der Waals surface area contributed by atoms with E-state index in [1.54, 1.807) is 6.07 Å². The first-order chi connectivity index (χ1) is 11.9. The third-order valence-electron chi connectivity index (χ3n) is 4.78. The fourth-order valence-electron chi connectivity index (χ4n) is 3.46. The number of rotatable bonds is 4. The predicted octanol–water partition coefficient (Wildman–Crippen LogP) is 0.879. The van der Waals surface area contributed by atoms with Gasteiger partial charge in [-0.3, -0.25) is 9.59 Å². The van der Waals surface area contributed by atoms with E-state index < -0.39 is 29.7 Å². The summed E-state index contributed by atoms with van der Waals surface area (Å²) in [6, 6.07) is 4.91. The molecular formula is C17H19FN2O5. The zero-order valence-electron chi connectivity index (χ0n) is 13.7. The summed E-state index contributed by atoms with van der Waals surface area (Å²) in [6.45, 7) is 0.218. The average molecular weight is 350 g/mol. The molecule has 2 aliphatic rings. The number of carboxylic acids is 1. The van der Waals surface area contributed by atoms with E-state index >= 15 is 0 Å². The van der Waals surface area contributed by atoms with Crippen molar-refractivity contribution in [3.8, 4) is 0 Å². The summed E-state index contributed by atoms with van der Waals surface area (Å²) < 4.78 is 19.1. The number of carboxylic acid groups (broad SMARTS) is 1. The minimum Gasteiger partial charge on any atom is -0.480 e. The fourth-order valence-corrected chi connectivity index (χ4v) is 3.46. The van der Waals surface area contributed by atoms with Gasteiger partial charge < -0.3 is 19.6 Å². The van der Waals surface area contributed by atoms with E-state index in [1.807, 2.05) is 0 Å². The average Bonchev–Trinajstić information content (AvgIpc) is 3.18. The molecule has 2 fully saturated rings. The van der Waals surface area contributed by atoms with Crippen molar-refractivity contribution in [2.45, 2.75) is 25.0 Å². The number of hydrogen-bond donors (Lipinski definition) is 1. The number of anilines is 1. The van der Waals surface area contributed by atoms with Crippen LogP contribution in [-0.4, -0.2) is 60.1 Å². The van der Waals surface area contributed by atoms with Gasteiger partial charge in [0.15, 0.2) is 0 Å². The van der Waals surface area contributed by atoms with E-state index in [0.717, 1.165) is 0 Å². The Morgan fingerprint density at radius 2 is 2.00 bits per heavy atom. The molecule has 7 nitrogen and oxygen atoms in total. The Morgan fingerprint density at radius 3 is 2.64 bits per heavy atom. The molecule has 2 aliphatic heterocycles. The number of ether oxygens (including phenoxy) is 1. The van der Waals surface area contributed by atoms with E-state index in [4.69, 9.17) is 4.74 Å². The summed E-state index contributed by atoms with van der Waals surface area (Å²) >= 11 is 0. The van der Waals surface area contributed by atoms with E-state index in [-0.39, 0.29) is 43.6 Å². The van der Waals surface area contributed by atoms with Crippen LogP contribution in [0, 0.1) is 11.7 Å². The molecule has 3 atom stereocenters. The number of methoxy groups -OCH3 is 1. The minimum absolute atomic E-state index is 0.0408. The Labute approximate surface area is 144 Å². The number of para-hydroxylation sites is 1. The smallest absolute Gasteiger partial charge is 0.326 e. The second-order valence-corrected chi connectivity index (χ2v) is 6.29. The highest BCUT2D eigenvalue weighted by atomic mass is 19.1. The summed E-state index contributed by atoms with van der Waals surface area (Å²) in [5.74, 6) is -3.07. The molecule has 1 aromatic carbocycles. The molecule has 2 saturated heterocycles. The molecule has 3 rings (SSSR count). The number of halogens is 1. The van der Waals surface area contributed by atoms with Gasteiger partial charge in [-0.2, -0.15) is 0 Å². The number of carbonyl (C=O) groups is 3. The third kappa shape index (κ3) is 3.21. The van der Waals surface area contributed by atoms with Gasteiger partial charge in [0.2, 0.25) is 11.8 Å². The van der Waals surface area contributed by atoms with Crippen LogP contribution in [0.3, 0.4) is 0 Å². The van der Waals surface area contributed by atoms with Crippen molar-refractivity contribution in [2.24, 2.45) is 5.92 Å². The lowest BCUT2D eigenvalue weighted by Gasteiger charge is -2.24. The predicted molar refractivity (Wildman–Crippen MR) is 85.4 cm³/mol. The molecule has 0 aromatic heterocycles. The van der Waals surface area contributed by atoms with E-state index in [2.05, 4.69) is 0 Å². The topological polar surface area (TPSA) is 87.1 Å². The normalized spacial score (nSPS) is 26.3. The minimum atomic E-state index is -1.09. The van der Waals surface area contributed by atoms with Gasteiger partial charge in [-0.25, -0.2) is 9.18 Å². The van der Waals surface area contributed by atoms with Gasteiger partial charge in [0.05, 0.1) is 17.7 Å². The second-order valence-electron chi connectivity index (χ2n) is 6.29. The van der Waals surface area contributed by atoms with Crippen molar-refractivity contribution in [2.75, 3.05) is 25.1 Å². The first kappa shape index (κ1) is 17.3. The van der Waals surface area contributed by atoms with Crippen molar-refractivity contribution in [3.63, 3.8) is 0 Å². The molecule has 0 aliphatic carbocycles. The number of carbonyl (C=O) groups excluding carboxylic acids is 2. The molecule has 0 bridgehead atoms. The first-order valence-corrected chi connectivity index (χ1v) is 8.03. The van der Waals surface area contributed by atoms with Gasteiger partial charge in [-0.15, -0.1) is 0 Å². The van der Waals surface area contributed by atoms with Crippen LogP contribution < -0.4 is 4.90 Å². The number of likely N-dealkylation sites (tertiary alicyclic amines) is 1. The molecule has 134 valence electrons. The molecule has 2 heterocycles. The van der Waals surface area contributed by atoms with Crippen LogP contribution in [0.15, 0.2) is 24.3 Å². The van der Waals surface area contributed by atoms with Gasteiger partial charge >= 0.3 is 5.97 Å². The zero-order chi connectivity index (χ0) is 18.1. The zero-order valence-corrected chi connectivity index (χ0v) is 13.7. The highest BCUT2D eigenvalue weighted by molar-refractivity contribution is 6.01. The third-order valence-corrected chi connectivity index (χ3v) is 4.78. The molecule has 1 N–H and O–H groups in total. The maximum atomic E-state index is 13.9. The SMILES string of the molecule is COC1CC(C(=O)O)N(C(=O)C2CC(=O)N(c3ccccc3F)C2)C1. The van der Waals surface area contributed by atoms with Crippen LogP contribution in [0.2, 0.25) is 0 Å². The van der Waals surface area contributed by atoms with Gasteiger partial charge in [0, 0.05) is 33.0 Å². The van der Waals surface area contributed by atoms with Crippen LogP contribution >= 0.6 is 0 Å². The maximum absolute atomic E-state index is 13.9. The van der Waals surface area contributed by atoms with Gasteiger partial charge in [0.25, 0.3) is 0 Å². The lowest BCUT2D eigenvalue weighted by Crippen LogP contribution is -2.44. The summed E-state index contributed by atoms with van der Waals surface area (Å²) in [7, 11) is 1.47. The maximum Gasteiger partial charge on any atom is 0.326 e. The van der Waals surface area contributed by atoms with Gasteiger partial charge in [-0.05, 0) is 12.1 Å². The fraction of sp³-hybridized carbons (Fsp3) is 0.471. The van der Waals surface area contributed by atoms with Crippen LogP contribution in [0.25, 0.3) is 0 Å². The Hall–Kier alpha value is -2.48. The number of nitrogens with zero attached hydrogens (tertiary/aromatic N) is 2. The largest absolute Gasteiger partial charge is 0.480 e. The number of hydrogen-bond acceptors (Lipinski definition) is 4. The monoisotopic (exact) mass is 350 g/mol. The molecule has 1 aromatic rings. The molecule has 2 amide bonds. The highest BCUT2D eigenvalue weighted by Crippen LogP contribution is 2.30. The lowest BCUT2D eigenvalue weighted by atomic mass is 10.1. The first-order valence-electron chi connectivity index (χ1n) is 8.03. The van der Waals surface area contributed by atoms with E-state index in [0.29, 0.717) is 0 Å². The highest BCUT2D eigenvalue weighted by Gasteiger charge is 2.45. The summed E-state index contributed by atoms with van der Waals surface area (Å²) in [5.41, 5.74) is 0.133. The summed E-state index contributed by atoms with van der Waals surface area (Å²) in [5, 5.41) is 9.33. The Bertz CT molecular complexity index is 710. The molecule has 0 saturated carbocycles. The van der Waals surface area contributed by atoms with Crippen molar-refractivity contribution in [3.05, 3.63) is 30.1 Å². The lowest BCUT2D eigenvalue weighted by molar-refractivity contribution is -0.149.